The second-order valence-electron chi connectivity index (χ2n) is 9.65. The highest BCUT2D eigenvalue weighted by Gasteiger charge is 2.45. The van der Waals surface area contributed by atoms with Crippen LogP contribution in [0.15, 0.2) is 24.3 Å². The van der Waals surface area contributed by atoms with Crippen molar-refractivity contribution >= 4 is 11.8 Å². The molecule has 4 N–H and O–H groups in total. The van der Waals surface area contributed by atoms with Crippen molar-refractivity contribution in [2.45, 2.75) is 95.2 Å². The van der Waals surface area contributed by atoms with E-state index in [1.54, 1.807) is 0 Å². The number of hydrogen-bond acceptors (Lipinski definition) is 4. The number of aliphatic hydroxyl groups is 1. The van der Waals surface area contributed by atoms with Crippen molar-refractivity contribution in [3.05, 3.63) is 35.6 Å². The lowest BCUT2D eigenvalue weighted by atomic mass is 9.96. The molecule has 1 aliphatic carbocycles. The van der Waals surface area contributed by atoms with Crippen LogP contribution < -0.4 is 16.0 Å². The van der Waals surface area contributed by atoms with Crippen LogP contribution in [0.3, 0.4) is 0 Å². The SMILES string of the molecule is CC[C@H](NC(=O)[C@H](CC(F)(F)CC(C)C)NC(c1ccc(F)cc1)C(F)(F)F)C(O)C(=O)NC1CC1. The third-order valence-corrected chi connectivity index (χ3v) is 5.77. The van der Waals surface area contributed by atoms with Crippen LogP contribution >= 0.6 is 0 Å². The second kappa shape index (κ2) is 12.3. The summed E-state index contributed by atoms with van der Waals surface area (Å²) in [5.41, 5.74) is -0.468. The molecule has 1 aromatic rings. The summed E-state index contributed by atoms with van der Waals surface area (Å²) in [6.45, 7) is 4.54. The number of amides is 2. The molecule has 0 aliphatic heterocycles. The highest BCUT2D eigenvalue weighted by Crippen LogP contribution is 2.35. The minimum absolute atomic E-state index is 0.0146. The molecule has 12 heteroatoms. The number of carbonyl (C=O) groups excluding carboxylic acids is 2. The molecular weight excluding hydrogens is 492 g/mol. The predicted octanol–water partition coefficient (Wildman–Crippen LogP) is 3.99. The van der Waals surface area contributed by atoms with Gasteiger partial charge in [-0.3, -0.25) is 14.9 Å². The molecule has 6 nitrogen and oxygen atoms in total. The molecular formula is C24H33F6N3O3. The van der Waals surface area contributed by atoms with Crippen LogP contribution in [0.1, 0.15) is 64.5 Å². The van der Waals surface area contributed by atoms with Gasteiger partial charge in [0.2, 0.25) is 11.8 Å². The maximum Gasteiger partial charge on any atom is 0.407 e. The zero-order valence-electron chi connectivity index (χ0n) is 20.3. The molecule has 4 atom stereocenters. The van der Waals surface area contributed by atoms with E-state index in [1.807, 2.05) is 5.32 Å². The topological polar surface area (TPSA) is 90.5 Å². The van der Waals surface area contributed by atoms with E-state index in [-0.39, 0.29) is 12.5 Å². The number of aliphatic hydroxyl groups excluding tert-OH is 1. The molecule has 1 saturated carbocycles. The van der Waals surface area contributed by atoms with Crippen molar-refractivity contribution in [1.82, 2.24) is 16.0 Å². The molecule has 0 aromatic heterocycles. The molecule has 0 spiro atoms. The number of nitrogens with one attached hydrogen (secondary N) is 3. The van der Waals surface area contributed by atoms with Gasteiger partial charge in [0.05, 0.1) is 12.1 Å². The van der Waals surface area contributed by atoms with E-state index in [9.17, 15) is 41.0 Å². The number of hydrogen-bond donors (Lipinski definition) is 4. The van der Waals surface area contributed by atoms with E-state index in [1.165, 1.54) is 20.8 Å². The van der Waals surface area contributed by atoms with Gasteiger partial charge in [-0.25, -0.2) is 13.2 Å². The normalized spacial score (nSPS) is 17.9. The van der Waals surface area contributed by atoms with E-state index in [0.29, 0.717) is 0 Å². The van der Waals surface area contributed by atoms with Crippen molar-refractivity contribution in [3.8, 4) is 0 Å². The zero-order chi connectivity index (χ0) is 27.3. The van der Waals surface area contributed by atoms with Crippen molar-refractivity contribution < 1.29 is 41.0 Å². The van der Waals surface area contributed by atoms with E-state index in [4.69, 9.17) is 0 Å². The lowest BCUT2D eigenvalue weighted by Crippen LogP contribution is -2.57. The van der Waals surface area contributed by atoms with Crippen LogP contribution in [0.5, 0.6) is 0 Å². The van der Waals surface area contributed by atoms with Crippen LogP contribution in [-0.4, -0.2) is 53.2 Å². The predicted molar refractivity (Wildman–Crippen MR) is 121 cm³/mol. The average Bonchev–Trinajstić information content (AvgIpc) is 3.57. The van der Waals surface area contributed by atoms with Gasteiger partial charge in [0.25, 0.3) is 5.91 Å². The first-order chi connectivity index (χ1) is 16.6. The maximum atomic E-state index is 14.7. The first-order valence-electron chi connectivity index (χ1n) is 11.9. The molecule has 0 heterocycles. The van der Waals surface area contributed by atoms with Crippen molar-refractivity contribution in [2.24, 2.45) is 5.92 Å². The summed E-state index contributed by atoms with van der Waals surface area (Å²) in [5, 5.41) is 17.1. The van der Waals surface area contributed by atoms with E-state index in [0.717, 1.165) is 37.1 Å². The van der Waals surface area contributed by atoms with E-state index >= 15 is 0 Å². The average molecular weight is 526 g/mol. The number of carbonyl (C=O) groups is 2. The number of benzene rings is 1. The number of halogens is 6. The third kappa shape index (κ3) is 9.27. The van der Waals surface area contributed by atoms with Crippen LogP contribution in [0.2, 0.25) is 0 Å². The lowest BCUT2D eigenvalue weighted by molar-refractivity contribution is -0.163. The Labute approximate surface area is 206 Å². The summed E-state index contributed by atoms with van der Waals surface area (Å²) in [6, 6.07) is -2.61. The van der Waals surface area contributed by atoms with Crippen LogP contribution in [0, 0.1) is 11.7 Å². The third-order valence-electron chi connectivity index (χ3n) is 5.77. The highest BCUT2D eigenvalue weighted by atomic mass is 19.4. The molecule has 2 rings (SSSR count). The Hall–Kier alpha value is -2.34. The van der Waals surface area contributed by atoms with Gasteiger partial charge in [-0.15, -0.1) is 0 Å². The second-order valence-corrected chi connectivity index (χ2v) is 9.65. The minimum Gasteiger partial charge on any atom is -0.381 e. The lowest BCUT2D eigenvalue weighted by Gasteiger charge is -2.31. The molecule has 0 radical (unpaired) electrons. The Morgan fingerprint density at radius 3 is 2.08 bits per heavy atom. The first-order valence-corrected chi connectivity index (χ1v) is 11.9. The molecule has 2 unspecified atom stereocenters. The van der Waals surface area contributed by atoms with Crippen LogP contribution in [-0.2, 0) is 9.59 Å². The van der Waals surface area contributed by atoms with Gasteiger partial charge in [0, 0.05) is 18.9 Å². The number of alkyl halides is 5. The molecule has 1 fully saturated rings. The Morgan fingerprint density at radius 1 is 1.03 bits per heavy atom. The molecule has 0 bridgehead atoms. The van der Waals surface area contributed by atoms with Gasteiger partial charge in [-0.1, -0.05) is 32.9 Å². The highest BCUT2D eigenvalue weighted by molar-refractivity contribution is 5.85. The van der Waals surface area contributed by atoms with Gasteiger partial charge < -0.3 is 15.7 Å². The molecule has 204 valence electrons. The molecule has 2 amide bonds. The molecule has 0 saturated heterocycles. The summed E-state index contributed by atoms with van der Waals surface area (Å²) >= 11 is 0. The minimum atomic E-state index is -5.00. The van der Waals surface area contributed by atoms with Crippen molar-refractivity contribution in [2.75, 3.05) is 0 Å². The fraction of sp³-hybridized carbons (Fsp3) is 0.667. The maximum absolute atomic E-state index is 14.7. The van der Waals surface area contributed by atoms with Gasteiger partial charge >= 0.3 is 6.18 Å². The monoisotopic (exact) mass is 525 g/mol. The summed E-state index contributed by atoms with van der Waals surface area (Å²) in [6.07, 6.45) is -7.16. The number of rotatable bonds is 13. The van der Waals surface area contributed by atoms with Gasteiger partial charge in [0.15, 0.2) is 6.10 Å². The van der Waals surface area contributed by atoms with Gasteiger partial charge in [0.1, 0.15) is 11.9 Å². The Kier molecular flexibility index (Phi) is 10.2. The van der Waals surface area contributed by atoms with Crippen molar-refractivity contribution in [3.63, 3.8) is 0 Å². The smallest absolute Gasteiger partial charge is 0.381 e. The zero-order valence-corrected chi connectivity index (χ0v) is 20.3. The first kappa shape index (κ1) is 29.9. The van der Waals surface area contributed by atoms with Crippen LogP contribution in [0.25, 0.3) is 0 Å². The fourth-order valence-corrected chi connectivity index (χ4v) is 3.83. The largest absolute Gasteiger partial charge is 0.407 e. The Bertz CT molecular complexity index is 875. The van der Waals surface area contributed by atoms with Gasteiger partial charge in [-0.2, -0.15) is 13.2 Å². The quantitative estimate of drug-likeness (QED) is 0.293. The standard InChI is InChI=1S/C24H33F6N3O3/c1-4-17(19(34)22(36)31-16-9-10-16)33-21(35)18(12-23(26,27)11-13(2)3)32-20(24(28,29)30)14-5-7-15(25)8-6-14/h5-8,13,16-20,32,34H,4,9-12H2,1-3H3,(H,31,36)(H,33,35)/t17-,18-,19?,20?/m0/s1. The summed E-state index contributed by atoms with van der Waals surface area (Å²) in [4.78, 5) is 25.2. The summed E-state index contributed by atoms with van der Waals surface area (Å²) in [7, 11) is 0. The van der Waals surface area contributed by atoms with Gasteiger partial charge in [-0.05, 0) is 42.9 Å². The fourth-order valence-electron chi connectivity index (χ4n) is 3.83. The van der Waals surface area contributed by atoms with E-state index in [2.05, 4.69) is 10.6 Å². The van der Waals surface area contributed by atoms with Crippen molar-refractivity contribution in [1.29, 1.82) is 0 Å². The molecule has 36 heavy (non-hydrogen) atoms. The summed E-state index contributed by atoms with van der Waals surface area (Å²) in [5.74, 6) is -6.78. The molecule has 1 aliphatic rings. The summed E-state index contributed by atoms with van der Waals surface area (Å²) < 4.78 is 84.3. The van der Waals surface area contributed by atoms with Crippen LogP contribution in [0.4, 0.5) is 26.3 Å². The molecule has 1 aromatic carbocycles. The Morgan fingerprint density at radius 2 is 1.61 bits per heavy atom. The van der Waals surface area contributed by atoms with E-state index < -0.39 is 78.3 Å². The Balaban J connectivity index is 2.29.